The molecule has 0 bridgehead atoms. The van der Waals surface area contributed by atoms with E-state index in [4.69, 9.17) is 0 Å². The van der Waals surface area contributed by atoms with Crippen molar-refractivity contribution >= 4 is 35.6 Å². The summed E-state index contributed by atoms with van der Waals surface area (Å²) in [4.78, 5) is 9.13. The van der Waals surface area contributed by atoms with Crippen molar-refractivity contribution in [2.24, 2.45) is 4.99 Å². The predicted octanol–water partition coefficient (Wildman–Crippen LogP) is 3.80. The molecule has 2 N–H and O–H groups in total. The topological polar surface area (TPSA) is 42.9 Å². The van der Waals surface area contributed by atoms with Gasteiger partial charge in [-0.1, -0.05) is 32.0 Å². The lowest BCUT2D eigenvalue weighted by molar-refractivity contribution is 0.292. The van der Waals surface area contributed by atoms with E-state index in [1.165, 1.54) is 18.7 Å². The molecule has 0 aliphatic heterocycles. The van der Waals surface area contributed by atoms with Gasteiger partial charge in [-0.05, 0) is 58.5 Å². The van der Waals surface area contributed by atoms with Crippen LogP contribution in [0.1, 0.15) is 40.5 Å². The zero-order valence-corrected chi connectivity index (χ0v) is 20.4. The van der Waals surface area contributed by atoms with Gasteiger partial charge < -0.3 is 20.4 Å². The summed E-state index contributed by atoms with van der Waals surface area (Å²) >= 11 is 0. The van der Waals surface area contributed by atoms with Gasteiger partial charge in [-0.2, -0.15) is 0 Å². The maximum absolute atomic E-state index is 4.37. The van der Waals surface area contributed by atoms with Gasteiger partial charge in [0.2, 0.25) is 0 Å². The van der Waals surface area contributed by atoms with Crippen LogP contribution in [0, 0.1) is 0 Å². The van der Waals surface area contributed by atoms with Crippen LogP contribution >= 0.6 is 24.0 Å². The molecular weight excluding hydrogens is 449 g/mol. The first-order valence-corrected chi connectivity index (χ1v) is 9.99. The molecule has 0 heterocycles. The second-order valence-electron chi connectivity index (χ2n) is 6.96. The minimum absolute atomic E-state index is 0. The Morgan fingerprint density at radius 3 is 2.30 bits per heavy atom. The normalized spacial score (nSPS) is 13.7. The number of guanidine groups is 1. The van der Waals surface area contributed by atoms with Gasteiger partial charge >= 0.3 is 0 Å². The number of nitrogens with one attached hydrogen (secondary N) is 2. The van der Waals surface area contributed by atoms with Crippen LogP contribution < -0.4 is 15.5 Å². The number of anilines is 1. The monoisotopic (exact) mass is 489 g/mol. The Labute approximate surface area is 184 Å². The molecular formula is C21H40IN5. The Bertz CT molecular complexity index is 505. The first kappa shape index (κ1) is 26.0. The van der Waals surface area contributed by atoms with E-state index in [-0.39, 0.29) is 24.0 Å². The Morgan fingerprint density at radius 2 is 1.74 bits per heavy atom. The molecule has 27 heavy (non-hydrogen) atoms. The van der Waals surface area contributed by atoms with Crippen molar-refractivity contribution in [3.05, 3.63) is 30.3 Å². The lowest BCUT2D eigenvalue weighted by Crippen LogP contribution is -2.47. The molecule has 1 aromatic carbocycles. The number of benzene rings is 1. The van der Waals surface area contributed by atoms with E-state index >= 15 is 0 Å². The van der Waals surface area contributed by atoms with E-state index in [9.17, 15) is 0 Å². The van der Waals surface area contributed by atoms with Crippen molar-refractivity contribution in [1.82, 2.24) is 15.5 Å². The lowest BCUT2D eigenvalue weighted by atomic mass is 10.2. The van der Waals surface area contributed by atoms with Crippen molar-refractivity contribution in [2.75, 3.05) is 45.2 Å². The average molecular weight is 489 g/mol. The van der Waals surface area contributed by atoms with Crippen LogP contribution in [0.15, 0.2) is 35.3 Å². The SMILES string of the molecule is CCN(CC)CCCC(C)NC(=NC)NCC(C)N(C)c1ccccc1.I. The van der Waals surface area contributed by atoms with Crippen molar-refractivity contribution in [2.45, 2.75) is 52.6 Å². The smallest absolute Gasteiger partial charge is 0.191 e. The van der Waals surface area contributed by atoms with E-state index in [1.54, 1.807) is 0 Å². The molecule has 2 unspecified atom stereocenters. The van der Waals surface area contributed by atoms with Crippen molar-refractivity contribution in [3.63, 3.8) is 0 Å². The molecule has 0 radical (unpaired) electrons. The summed E-state index contributed by atoms with van der Waals surface area (Å²) in [5.74, 6) is 0.883. The van der Waals surface area contributed by atoms with E-state index in [0.717, 1.165) is 32.0 Å². The van der Waals surface area contributed by atoms with Gasteiger partial charge in [0, 0.05) is 38.4 Å². The molecule has 2 atom stereocenters. The van der Waals surface area contributed by atoms with Gasteiger partial charge in [-0.3, -0.25) is 4.99 Å². The van der Waals surface area contributed by atoms with Gasteiger partial charge in [0.05, 0.1) is 0 Å². The highest BCUT2D eigenvalue weighted by Gasteiger charge is 2.11. The number of aliphatic imine (C=N–C) groups is 1. The minimum atomic E-state index is 0. The largest absolute Gasteiger partial charge is 0.370 e. The summed E-state index contributed by atoms with van der Waals surface area (Å²) in [6.07, 6.45) is 2.36. The molecule has 0 aliphatic rings. The first-order chi connectivity index (χ1) is 12.5. The maximum Gasteiger partial charge on any atom is 0.191 e. The average Bonchev–Trinajstić information content (AvgIpc) is 2.68. The molecule has 0 saturated carbocycles. The molecule has 0 amide bonds. The second kappa shape index (κ2) is 15.0. The Kier molecular flexibility index (Phi) is 14.4. The van der Waals surface area contributed by atoms with Crippen LogP contribution in [0.5, 0.6) is 0 Å². The third-order valence-electron chi connectivity index (χ3n) is 5.00. The van der Waals surface area contributed by atoms with Crippen LogP contribution in [0.3, 0.4) is 0 Å². The Morgan fingerprint density at radius 1 is 1.11 bits per heavy atom. The molecule has 6 heteroatoms. The zero-order chi connectivity index (χ0) is 19.4. The van der Waals surface area contributed by atoms with Crippen LogP contribution in [0.2, 0.25) is 0 Å². The van der Waals surface area contributed by atoms with E-state index < -0.39 is 0 Å². The molecule has 0 spiro atoms. The summed E-state index contributed by atoms with van der Waals surface area (Å²) in [7, 11) is 3.97. The van der Waals surface area contributed by atoms with Crippen molar-refractivity contribution in [1.29, 1.82) is 0 Å². The number of halogens is 1. The van der Waals surface area contributed by atoms with E-state index in [2.05, 4.69) is 84.4 Å². The number of para-hydroxylation sites is 1. The standard InChI is InChI=1S/C21H39N5.HI/c1-7-26(8-2)16-12-13-18(3)24-21(22-5)23-17-19(4)25(6)20-14-10-9-11-15-20;/h9-11,14-15,18-19H,7-8,12-13,16-17H2,1-6H3,(H2,22,23,24);1H. The molecule has 0 saturated heterocycles. The van der Waals surface area contributed by atoms with Gasteiger partial charge in [-0.25, -0.2) is 0 Å². The van der Waals surface area contributed by atoms with E-state index in [1.807, 2.05) is 13.1 Å². The van der Waals surface area contributed by atoms with Crippen LogP contribution in [-0.2, 0) is 0 Å². The summed E-state index contributed by atoms with van der Waals surface area (Å²) in [5.41, 5.74) is 1.23. The molecule has 5 nitrogen and oxygen atoms in total. The molecule has 1 aromatic rings. The van der Waals surface area contributed by atoms with Crippen LogP contribution in [0.4, 0.5) is 5.69 Å². The Balaban J connectivity index is 0.00000676. The summed E-state index contributed by atoms with van der Waals surface area (Å²) < 4.78 is 0. The minimum Gasteiger partial charge on any atom is -0.370 e. The molecule has 1 rings (SSSR count). The van der Waals surface area contributed by atoms with Crippen molar-refractivity contribution in [3.8, 4) is 0 Å². The fraction of sp³-hybridized carbons (Fsp3) is 0.667. The third kappa shape index (κ3) is 10.2. The number of hydrogen-bond donors (Lipinski definition) is 2. The fourth-order valence-corrected chi connectivity index (χ4v) is 2.96. The lowest BCUT2D eigenvalue weighted by Gasteiger charge is -2.28. The predicted molar refractivity (Wildman–Crippen MR) is 131 cm³/mol. The first-order valence-electron chi connectivity index (χ1n) is 9.99. The summed E-state index contributed by atoms with van der Waals surface area (Å²) in [6, 6.07) is 11.3. The molecule has 0 aliphatic carbocycles. The highest BCUT2D eigenvalue weighted by molar-refractivity contribution is 14.0. The maximum atomic E-state index is 4.37. The number of rotatable bonds is 11. The van der Waals surface area contributed by atoms with Gasteiger partial charge in [0.25, 0.3) is 0 Å². The van der Waals surface area contributed by atoms with Gasteiger partial charge in [0.1, 0.15) is 0 Å². The van der Waals surface area contributed by atoms with E-state index in [0.29, 0.717) is 12.1 Å². The highest BCUT2D eigenvalue weighted by atomic mass is 127. The fourth-order valence-electron chi connectivity index (χ4n) is 2.96. The summed E-state index contributed by atoms with van der Waals surface area (Å²) in [6.45, 7) is 13.2. The molecule has 0 aromatic heterocycles. The van der Waals surface area contributed by atoms with Gasteiger partial charge in [-0.15, -0.1) is 24.0 Å². The highest BCUT2D eigenvalue weighted by Crippen LogP contribution is 2.13. The number of nitrogens with zero attached hydrogens (tertiary/aromatic N) is 3. The number of hydrogen-bond acceptors (Lipinski definition) is 3. The van der Waals surface area contributed by atoms with Crippen molar-refractivity contribution < 1.29 is 0 Å². The third-order valence-corrected chi connectivity index (χ3v) is 5.00. The quantitative estimate of drug-likeness (QED) is 0.282. The molecule has 156 valence electrons. The Hall–Kier alpha value is -1.02. The summed E-state index contributed by atoms with van der Waals surface area (Å²) in [5, 5.41) is 6.97. The zero-order valence-electron chi connectivity index (χ0n) is 18.0. The second-order valence-corrected chi connectivity index (χ2v) is 6.96. The van der Waals surface area contributed by atoms with Crippen LogP contribution in [-0.4, -0.2) is 63.2 Å². The molecule has 0 fully saturated rings. The van der Waals surface area contributed by atoms with Gasteiger partial charge in [0.15, 0.2) is 5.96 Å². The van der Waals surface area contributed by atoms with Crippen LogP contribution in [0.25, 0.3) is 0 Å². The number of likely N-dealkylation sites (N-methyl/N-ethyl adjacent to an activating group) is 1.